The van der Waals surface area contributed by atoms with Gasteiger partial charge in [0.25, 0.3) is 5.91 Å². The molecule has 7 heteroatoms. The summed E-state index contributed by atoms with van der Waals surface area (Å²) in [5.41, 5.74) is 2.94. The number of benzene rings is 1. The molecule has 3 heterocycles. The highest BCUT2D eigenvalue weighted by molar-refractivity contribution is 5.96. The first kappa shape index (κ1) is 18.1. The fourth-order valence-electron chi connectivity index (χ4n) is 4.22. The molecule has 1 N–H and O–H groups in total. The van der Waals surface area contributed by atoms with Crippen molar-refractivity contribution < 1.29 is 9.18 Å². The Morgan fingerprint density at radius 1 is 1.15 bits per heavy atom. The molecule has 1 unspecified atom stereocenters. The first-order valence-electron chi connectivity index (χ1n) is 9.61. The molecule has 0 radical (unpaired) electrons. The van der Waals surface area contributed by atoms with E-state index in [0.29, 0.717) is 17.3 Å². The highest BCUT2D eigenvalue weighted by Crippen LogP contribution is 2.23. The van der Waals surface area contributed by atoms with Crippen molar-refractivity contribution in [2.24, 2.45) is 0 Å². The molecule has 0 aliphatic carbocycles. The molecule has 6 nitrogen and oxygen atoms in total. The predicted molar refractivity (Wildman–Crippen MR) is 102 cm³/mol. The number of likely N-dealkylation sites (tertiary alicyclic amines) is 1. The van der Waals surface area contributed by atoms with Gasteiger partial charge in [-0.1, -0.05) is 0 Å². The minimum Gasteiger partial charge on any atom is -0.337 e. The average molecular weight is 371 g/mol. The molecule has 2 aromatic rings. The smallest absolute Gasteiger partial charge is 0.257 e. The first-order chi connectivity index (χ1) is 13.0. The number of halogens is 1. The molecule has 1 atom stereocenters. The first-order valence-corrected chi connectivity index (χ1v) is 9.61. The van der Waals surface area contributed by atoms with Crippen LogP contribution in [0.25, 0.3) is 5.69 Å². The molecular formula is C20H26FN5O. The third-order valence-electron chi connectivity index (χ3n) is 5.69. The van der Waals surface area contributed by atoms with E-state index < -0.39 is 0 Å². The number of nitrogens with zero attached hydrogens (tertiary/aromatic N) is 4. The zero-order valence-corrected chi connectivity index (χ0v) is 15.9. The van der Waals surface area contributed by atoms with E-state index in [1.807, 2.05) is 18.7 Å². The lowest BCUT2D eigenvalue weighted by molar-refractivity contribution is 0.0772. The van der Waals surface area contributed by atoms with Gasteiger partial charge in [-0.05, 0) is 44.5 Å². The summed E-state index contributed by atoms with van der Waals surface area (Å²) in [6.07, 6.45) is 1.02. The second-order valence-electron chi connectivity index (χ2n) is 7.41. The van der Waals surface area contributed by atoms with Crippen LogP contribution in [0.1, 0.15) is 28.2 Å². The Morgan fingerprint density at radius 3 is 2.56 bits per heavy atom. The number of amides is 1. The average Bonchev–Trinajstić information content (AvgIpc) is 3.28. The van der Waals surface area contributed by atoms with Crippen LogP contribution in [0.5, 0.6) is 0 Å². The molecule has 2 saturated heterocycles. The van der Waals surface area contributed by atoms with Gasteiger partial charge in [0, 0.05) is 45.3 Å². The van der Waals surface area contributed by atoms with Crippen LogP contribution >= 0.6 is 0 Å². The lowest BCUT2D eigenvalue weighted by Gasteiger charge is -2.32. The molecule has 27 heavy (non-hydrogen) atoms. The van der Waals surface area contributed by atoms with E-state index in [-0.39, 0.29) is 11.7 Å². The van der Waals surface area contributed by atoms with Crippen LogP contribution in [0.2, 0.25) is 0 Å². The molecule has 0 spiro atoms. The Kier molecular flexibility index (Phi) is 4.97. The number of aryl methyl sites for hydroxylation is 1. The van der Waals surface area contributed by atoms with Crippen LogP contribution in [0, 0.1) is 19.7 Å². The number of piperazine rings is 1. The quantitative estimate of drug-likeness (QED) is 0.893. The van der Waals surface area contributed by atoms with Gasteiger partial charge < -0.3 is 10.2 Å². The molecule has 0 bridgehead atoms. The van der Waals surface area contributed by atoms with E-state index in [2.05, 4.69) is 15.3 Å². The van der Waals surface area contributed by atoms with Crippen molar-refractivity contribution in [3.63, 3.8) is 0 Å². The van der Waals surface area contributed by atoms with Crippen molar-refractivity contribution in [1.29, 1.82) is 0 Å². The van der Waals surface area contributed by atoms with Crippen LogP contribution < -0.4 is 5.32 Å². The normalized spacial score (nSPS) is 21.0. The van der Waals surface area contributed by atoms with Gasteiger partial charge in [0.15, 0.2) is 0 Å². The number of carbonyl (C=O) groups excluding carboxylic acids is 1. The number of rotatable bonds is 3. The van der Waals surface area contributed by atoms with Crippen LogP contribution in [-0.4, -0.2) is 70.8 Å². The molecule has 1 aromatic heterocycles. The standard InChI is InChI=1S/C20H26FN5O/c1-14-19(15(2)26(23-14)17-5-3-16(21)4-6-17)20(27)25-10-7-18(13-25)24-11-8-22-9-12-24/h3-6,18,22H,7-13H2,1-2H3. The summed E-state index contributed by atoms with van der Waals surface area (Å²) in [6, 6.07) is 6.62. The molecule has 2 fully saturated rings. The van der Waals surface area contributed by atoms with E-state index in [1.165, 1.54) is 12.1 Å². The molecule has 1 aromatic carbocycles. The second kappa shape index (κ2) is 7.40. The summed E-state index contributed by atoms with van der Waals surface area (Å²) in [4.78, 5) is 17.6. The molecular weight excluding hydrogens is 345 g/mol. The Labute approximate surface area is 158 Å². The van der Waals surface area contributed by atoms with Crippen molar-refractivity contribution in [3.8, 4) is 5.69 Å². The van der Waals surface area contributed by atoms with Crippen molar-refractivity contribution in [2.45, 2.75) is 26.3 Å². The third-order valence-corrected chi connectivity index (χ3v) is 5.69. The van der Waals surface area contributed by atoms with E-state index >= 15 is 0 Å². The summed E-state index contributed by atoms with van der Waals surface area (Å²) < 4.78 is 14.9. The van der Waals surface area contributed by atoms with E-state index in [4.69, 9.17) is 0 Å². The zero-order chi connectivity index (χ0) is 19.0. The molecule has 2 aliphatic rings. The lowest BCUT2D eigenvalue weighted by Crippen LogP contribution is -2.49. The maximum absolute atomic E-state index is 13.2. The molecule has 1 amide bonds. The monoisotopic (exact) mass is 371 g/mol. The van der Waals surface area contributed by atoms with Crippen LogP contribution in [0.3, 0.4) is 0 Å². The van der Waals surface area contributed by atoms with Crippen LogP contribution in [-0.2, 0) is 0 Å². The van der Waals surface area contributed by atoms with Gasteiger partial charge in [0.2, 0.25) is 0 Å². The van der Waals surface area contributed by atoms with Gasteiger partial charge in [0.05, 0.1) is 22.6 Å². The second-order valence-corrected chi connectivity index (χ2v) is 7.41. The summed E-state index contributed by atoms with van der Waals surface area (Å²) in [6.45, 7) is 9.47. The summed E-state index contributed by atoms with van der Waals surface area (Å²) >= 11 is 0. The number of hydrogen-bond donors (Lipinski definition) is 1. The summed E-state index contributed by atoms with van der Waals surface area (Å²) in [7, 11) is 0. The minimum atomic E-state index is -0.285. The Hall–Kier alpha value is -2.25. The van der Waals surface area contributed by atoms with Crippen molar-refractivity contribution in [1.82, 2.24) is 24.9 Å². The number of hydrogen-bond acceptors (Lipinski definition) is 4. The van der Waals surface area contributed by atoms with Gasteiger partial charge in [-0.15, -0.1) is 0 Å². The maximum Gasteiger partial charge on any atom is 0.257 e. The lowest BCUT2D eigenvalue weighted by atomic mass is 10.1. The van der Waals surface area contributed by atoms with Gasteiger partial charge >= 0.3 is 0 Å². The number of nitrogens with one attached hydrogen (secondary N) is 1. The Bertz CT molecular complexity index is 826. The fraction of sp³-hybridized carbons (Fsp3) is 0.500. The van der Waals surface area contributed by atoms with Gasteiger partial charge in [-0.2, -0.15) is 5.10 Å². The van der Waals surface area contributed by atoms with Crippen molar-refractivity contribution >= 4 is 5.91 Å². The van der Waals surface area contributed by atoms with E-state index in [9.17, 15) is 9.18 Å². The third kappa shape index (κ3) is 3.49. The van der Waals surface area contributed by atoms with Crippen molar-refractivity contribution in [3.05, 3.63) is 47.0 Å². The number of carbonyl (C=O) groups is 1. The summed E-state index contributed by atoms with van der Waals surface area (Å²) in [5.74, 6) is -0.233. The minimum absolute atomic E-state index is 0.0518. The van der Waals surface area contributed by atoms with Crippen molar-refractivity contribution in [2.75, 3.05) is 39.3 Å². The van der Waals surface area contributed by atoms with Crippen LogP contribution in [0.4, 0.5) is 4.39 Å². The van der Waals surface area contributed by atoms with E-state index in [1.54, 1.807) is 16.8 Å². The summed E-state index contributed by atoms with van der Waals surface area (Å²) in [5, 5.41) is 7.92. The Morgan fingerprint density at radius 2 is 1.85 bits per heavy atom. The van der Waals surface area contributed by atoms with Gasteiger partial charge in [-0.25, -0.2) is 9.07 Å². The predicted octanol–water partition coefficient (Wildman–Crippen LogP) is 1.75. The topological polar surface area (TPSA) is 53.4 Å². The molecule has 2 aliphatic heterocycles. The fourth-order valence-corrected chi connectivity index (χ4v) is 4.22. The molecule has 0 saturated carbocycles. The Balaban J connectivity index is 1.53. The zero-order valence-electron chi connectivity index (χ0n) is 15.9. The largest absolute Gasteiger partial charge is 0.337 e. The van der Waals surface area contributed by atoms with Gasteiger partial charge in [0.1, 0.15) is 5.82 Å². The van der Waals surface area contributed by atoms with Crippen LogP contribution in [0.15, 0.2) is 24.3 Å². The molecule has 144 valence electrons. The highest BCUT2D eigenvalue weighted by Gasteiger charge is 2.33. The maximum atomic E-state index is 13.2. The highest BCUT2D eigenvalue weighted by atomic mass is 19.1. The van der Waals surface area contributed by atoms with Gasteiger partial charge in [-0.3, -0.25) is 9.69 Å². The SMILES string of the molecule is Cc1nn(-c2ccc(F)cc2)c(C)c1C(=O)N1CCC(N2CCNCC2)C1. The van der Waals surface area contributed by atoms with E-state index in [0.717, 1.165) is 57.1 Å². The number of aromatic nitrogens is 2. The molecule has 4 rings (SSSR count).